The van der Waals surface area contributed by atoms with E-state index in [-0.39, 0.29) is 11.1 Å². The van der Waals surface area contributed by atoms with Gasteiger partial charge in [0.05, 0.1) is 4.92 Å². The summed E-state index contributed by atoms with van der Waals surface area (Å²) in [5.74, 6) is 0.538. The van der Waals surface area contributed by atoms with Gasteiger partial charge in [0.25, 0.3) is 5.69 Å². The molecule has 1 heterocycles. The molecule has 0 fully saturated rings. The lowest BCUT2D eigenvalue weighted by Crippen LogP contribution is -2.09. The van der Waals surface area contributed by atoms with Gasteiger partial charge in [0.1, 0.15) is 6.20 Å². The number of hydrogen-bond acceptors (Lipinski definition) is 3. The second kappa shape index (κ2) is 5.96. The minimum absolute atomic E-state index is 0.0289. The van der Waals surface area contributed by atoms with E-state index in [1.165, 1.54) is 6.20 Å². The number of rotatable bonds is 5. The average molecular weight is 257 g/mol. The Kier molecular flexibility index (Phi) is 4.87. The van der Waals surface area contributed by atoms with E-state index < -0.39 is 4.92 Å². The molecule has 1 rings (SSSR count). The zero-order chi connectivity index (χ0) is 13.0. The van der Waals surface area contributed by atoms with Gasteiger partial charge in [-0.3, -0.25) is 15.1 Å². The number of nitro groups is 1. The van der Waals surface area contributed by atoms with Crippen LogP contribution in [0.5, 0.6) is 0 Å². The third-order valence-electron chi connectivity index (χ3n) is 2.53. The number of aromatic nitrogens is 1. The van der Waals surface area contributed by atoms with E-state index in [0.29, 0.717) is 12.3 Å². The first kappa shape index (κ1) is 13.9. The van der Waals surface area contributed by atoms with Gasteiger partial charge in [0.2, 0.25) is 0 Å². The standard InChI is InChI=1S/C12H17ClN2O2/c1-8(2)4-10(13)6-12-9(3)5-11(7-14-12)15(16)17/h5,7-8,10H,4,6H2,1-3H3. The van der Waals surface area contributed by atoms with E-state index in [4.69, 9.17) is 11.6 Å². The van der Waals surface area contributed by atoms with Crippen molar-refractivity contribution in [3.63, 3.8) is 0 Å². The first-order chi connectivity index (χ1) is 7.90. The quantitative estimate of drug-likeness (QED) is 0.460. The highest BCUT2D eigenvalue weighted by Crippen LogP contribution is 2.19. The number of aryl methyl sites for hydroxylation is 1. The molecule has 0 spiro atoms. The summed E-state index contributed by atoms with van der Waals surface area (Å²) >= 11 is 6.21. The fourth-order valence-corrected chi connectivity index (χ4v) is 2.21. The van der Waals surface area contributed by atoms with Gasteiger partial charge in [-0.05, 0) is 24.8 Å². The molecule has 1 aromatic rings. The van der Waals surface area contributed by atoms with Crippen molar-refractivity contribution in [2.24, 2.45) is 5.92 Å². The van der Waals surface area contributed by atoms with Crippen LogP contribution in [0.2, 0.25) is 0 Å². The predicted octanol–water partition coefficient (Wildman–Crippen LogP) is 3.49. The smallest absolute Gasteiger partial charge is 0.258 e. The lowest BCUT2D eigenvalue weighted by molar-refractivity contribution is -0.385. The zero-order valence-corrected chi connectivity index (χ0v) is 11.1. The molecular formula is C12H17ClN2O2. The predicted molar refractivity (Wildman–Crippen MR) is 68.4 cm³/mol. The number of nitrogens with zero attached hydrogens (tertiary/aromatic N) is 2. The number of alkyl halides is 1. The molecule has 1 unspecified atom stereocenters. The summed E-state index contributed by atoms with van der Waals surface area (Å²) in [5, 5.41) is 10.6. The molecule has 0 aliphatic rings. The SMILES string of the molecule is Cc1cc([N+](=O)[O-])cnc1CC(Cl)CC(C)C. The average Bonchev–Trinajstić information content (AvgIpc) is 2.19. The minimum Gasteiger partial charge on any atom is -0.258 e. The molecule has 94 valence electrons. The van der Waals surface area contributed by atoms with Gasteiger partial charge in [-0.2, -0.15) is 0 Å². The van der Waals surface area contributed by atoms with Crippen LogP contribution in [0.3, 0.4) is 0 Å². The Morgan fingerprint density at radius 2 is 2.18 bits per heavy atom. The molecule has 0 amide bonds. The van der Waals surface area contributed by atoms with Crippen LogP contribution in [-0.4, -0.2) is 15.3 Å². The van der Waals surface area contributed by atoms with E-state index in [9.17, 15) is 10.1 Å². The van der Waals surface area contributed by atoms with Gasteiger partial charge in [0.15, 0.2) is 0 Å². The Labute approximate surface area is 106 Å². The van der Waals surface area contributed by atoms with Gasteiger partial charge in [-0.15, -0.1) is 11.6 Å². The zero-order valence-electron chi connectivity index (χ0n) is 10.3. The van der Waals surface area contributed by atoms with E-state index in [0.717, 1.165) is 17.7 Å². The summed E-state index contributed by atoms with van der Waals surface area (Å²) in [6.45, 7) is 6.06. The summed E-state index contributed by atoms with van der Waals surface area (Å²) in [6, 6.07) is 1.54. The Morgan fingerprint density at radius 1 is 1.53 bits per heavy atom. The second-order valence-corrected chi connectivity index (χ2v) is 5.26. The summed E-state index contributed by atoms with van der Waals surface area (Å²) in [6.07, 6.45) is 2.87. The molecule has 17 heavy (non-hydrogen) atoms. The summed E-state index contributed by atoms with van der Waals surface area (Å²) in [7, 11) is 0. The number of hydrogen-bond donors (Lipinski definition) is 0. The molecule has 4 nitrogen and oxygen atoms in total. The van der Waals surface area contributed by atoms with Crippen molar-refractivity contribution in [2.45, 2.75) is 39.0 Å². The molecule has 0 bridgehead atoms. The van der Waals surface area contributed by atoms with Crippen molar-refractivity contribution in [1.82, 2.24) is 4.98 Å². The largest absolute Gasteiger partial charge is 0.287 e. The lowest BCUT2D eigenvalue weighted by Gasteiger charge is -2.12. The van der Waals surface area contributed by atoms with Crippen LogP contribution in [0.4, 0.5) is 5.69 Å². The van der Waals surface area contributed by atoms with Crippen LogP contribution in [0, 0.1) is 23.0 Å². The molecule has 0 aliphatic carbocycles. The monoisotopic (exact) mass is 256 g/mol. The van der Waals surface area contributed by atoms with Gasteiger partial charge >= 0.3 is 0 Å². The normalized spacial score (nSPS) is 12.8. The molecule has 1 aromatic heterocycles. The first-order valence-corrected chi connectivity index (χ1v) is 6.07. The van der Waals surface area contributed by atoms with Crippen molar-refractivity contribution in [3.8, 4) is 0 Å². The molecule has 0 N–H and O–H groups in total. The van der Waals surface area contributed by atoms with Crippen LogP contribution in [0.1, 0.15) is 31.5 Å². The third-order valence-corrected chi connectivity index (χ3v) is 2.86. The Bertz CT molecular complexity index is 407. The summed E-state index contributed by atoms with van der Waals surface area (Å²) in [4.78, 5) is 14.3. The molecular weight excluding hydrogens is 240 g/mol. The molecule has 0 aliphatic heterocycles. The summed E-state index contributed by atoms with van der Waals surface area (Å²) in [5.41, 5.74) is 1.70. The van der Waals surface area contributed by atoms with Crippen LogP contribution in [-0.2, 0) is 6.42 Å². The maximum atomic E-state index is 10.6. The molecule has 1 atom stereocenters. The Hall–Kier alpha value is -1.16. The minimum atomic E-state index is -0.434. The highest BCUT2D eigenvalue weighted by atomic mass is 35.5. The van der Waals surface area contributed by atoms with Crippen molar-refractivity contribution in [3.05, 3.63) is 33.6 Å². The fourth-order valence-electron chi connectivity index (χ4n) is 1.71. The van der Waals surface area contributed by atoms with Crippen LogP contribution >= 0.6 is 11.6 Å². The van der Waals surface area contributed by atoms with Gasteiger partial charge in [-0.25, -0.2) is 0 Å². The van der Waals surface area contributed by atoms with E-state index in [1.54, 1.807) is 6.07 Å². The molecule has 5 heteroatoms. The van der Waals surface area contributed by atoms with Crippen LogP contribution in [0.15, 0.2) is 12.3 Å². The van der Waals surface area contributed by atoms with Crippen molar-refractivity contribution in [2.75, 3.05) is 0 Å². The lowest BCUT2D eigenvalue weighted by atomic mass is 10.0. The maximum absolute atomic E-state index is 10.6. The topological polar surface area (TPSA) is 56.0 Å². The number of halogens is 1. The third kappa shape index (κ3) is 4.30. The van der Waals surface area contributed by atoms with Crippen molar-refractivity contribution in [1.29, 1.82) is 0 Å². The second-order valence-electron chi connectivity index (χ2n) is 4.65. The Balaban J connectivity index is 2.75. The molecule has 0 saturated heterocycles. The highest BCUT2D eigenvalue weighted by molar-refractivity contribution is 6.20. The van der Waals surface area contributed by atoms with E-state index in [1.807, 2.05) is 6.92 Å². The number of pyridine rings is 1. The van der Waals surface area contributed by atoms with Crippen LogP contribution in [0.25, 0.3) is 0 Å². The van der Waals surface area contributed by atoms with Gasteiger partial charge < -0.3 is 0 Å². The van der Waals surface area contributed by atoms with Crippen LogP contribution < -0.4 is 0 Å². The van der Waals surface area contributed by atoms with Crippen molar-refractivity contribution < 1.29 is 4.92 Å². The van der Waals surface area contributed by atoms with E-state index in [2.05, 4.69) is 18.8 Å². The van der Waals surface area contributed by atoms with E-state index >= 15 is 0 Å². The van der Waals surface area contributed by atoms with Gasteiger partial charge in [0, 0.05) is 23.6 Å². The van der Waals surface area contributed by atoms with Gasteiger partial charge in [-0.1, -0.05) is 13.8 Å². The molecule has 0 aromatic carbocycles. The highest BCUT2D eigenvalue weighted by Gasteiger charge is 2.14. The Morgan fingerprint density at radius 3 is 2.65 bits per heavy atom. The molecule has 0 radical (unpaired) electrons. The first-order valence-electron chi connectivity index (χ1n) is 5.64. The maximum Gasteiger partial charge on any atom is 0.287 e. The van der Waals surface area contributed by atoms with Crippen molar-refractivity contribution >= 4 is 17.3 Å². The summed E-state index contributed by atoms with van der Waals surface area (Å²) < 4.78 is 0. The molecule has 0 saturated carbocycles. The fraction of sp³-hybridized carbons (Fsp3) is 0.583.